The molecule has 0 bridgehead atoms. The van der Waals surface area contributed by atoms with Gasteiger partial charge in [0, 0.05) is 18.7 Å². The third-order valence-corrected chi connectivity index (χ3v) is 6.60. The minimum atomic E-state index is -3.78. The molecule has 0 heterocycles. The second kappa shape index (κ2) is 10.3. The topological polar surface area (TPSA) is 75.7 Å². The molecule has 2 rings (SSSR count). The Morgan fingerprint density at radius 3 is 2.38 bits per heavy atom. The highest BCUT2D eigenvalue weighted by molar-refractivity contribution is 7.92. The van der Waals surface area contributed by atoms with Crippen molar-refractivity contribution in [1.82, 2.24) is 5.32 Å². The zero-order chi connectivity index (χ0) is 21.4. The molecule has 0 aliphatic carbocycles. The predicted molar refractivity (Wildman–Crippen MR) is 116 cm³/mol. The van der Waals surface area contributed by atoms with Crippen molar-refractivity contribution in [3.8, 4) is 5.75 Å². The van der Waals surface area contributed by atoms with Crippen molar-refractivity contribution < 1.29 is 17.9 Å². The number of para-hydroxylation sites is 2. The summed E-state index contributed by atoms with van der Waals surface area (Å²) in [6, 6.07) is 13.0. The second-order valence-corrected chi connectivity index (χ2v) is 9.01. The number of hydrogen-bond donors (Lipinski definition) is 1. The highest BCUT2D eigenvalue weighted by Gasteiger charge is 2.24. The maximum atomic E-state index is 13.0. The van der Waals surface area contributed by atoms with E-state index in [1.54, 1.807) is 24.3 Å². The Morgan fingerprint density at radius 2 is 1.76 bits per heavy atom. The fraction of sp³-hybridized carbons (Fsp3) is 0.409. The molecule has 0 radical (unpaired) electrons. The summed E-state index contributed by atoms with van der Waals surface area (Å²) in [5.41, 5.74) is 0.879. The Balaban J connectivity index is 2.13. The number of carbonyl (C=O) groups excluding carboxylic acids is 1. The lowest BCUT2D eigenvalue weighted by molar-refractivity contribution is 0.0938. The number of sulfonamides is 1. The number of anilines is 1. The van der Waals surface area contributed by atoms with Gasteiger partial charge in [-0.3, -0.25) is 9.10 Å². The van der Waals surface area contributed by atoms with Crippen LogP contribution in [0.15, 0.2) is 53.4 Å². The van der Waals surface area contributed by atoms with E-state index in [0.29, 0.717) is 17.0 Å². The zero-order valence-corrected chi connectivity index (χ0v) is 18.3. The van der Waals surface area contributed by atoms with Gasteiger partial charge in [0.15, 0.2) is 0 Å². The van der Waals surface area contributed by atoms with Crippen molar-refractivity contribution >= 4 is 21.6 Å². The largest absolute Gasteiger partial charge is 0.495 e. The summed E-state index contributed by atoms with van der Waals surface area (Å²) < 4.78 is 32.4. The summed E-state index contributed by atoms with van der Waals surface area (Å²) in [6.07, 6.45) is 4.28. The summed E-state index contributed by atoms with van der Waals surface area (Å²) in [5.74, 6) is 0.266. The lowest BCUT2D eigenvalue weighted by Crippen LogP contribution is -2.32. The molecule has 1 atom stereocenters. The van der Waals surface area contributed by atoms with Gasteiger partial charge in [0.25, 0.3) is 15.9 Å². The third-order valence-electron chi connectivity index (χ3n) is 4.82. The molecule has 0 aliphatic heterocycles. The average molecular weight is 419 g/mol. The van der Waals surface area contributed by atoms with Crippen molar-refractivity contribution in [3.63, 3.8) is 0 Å². The van der Waals surface area contributed by atoms with E-state index in [0.717, 1.165) is 25.7 Å². The number of ether oxygens (including phenoxy) is 1. The van der Waals surface area contributed by atoms with E-state index < -0.39 is 10.0 Å². The van der Waals surface area contributed by atoms with Gasteiger partial charge in [-0.05, 0) is 49.7 Å². The van der Waals surface area contributed by atoms with Crippen LogP contribution >= 0.6 is 0 Å². The first-order valence-corrected chi connectivity index (χ1v) is 11.3. The van der Waals surface area contributed by atoms with E-state index in [1.165, 1.54) is 42.7 Å². The molecule has 2 aromatic carbocycles. The van der Waals surface area contributed by atoms with Crippen molar-refractivity contribution in [1.29, 1.82) is 0 Å². The lowest BCUT2D eigenvalue weighted by Gasteiger charge is -2.21. The fourth-order valence-corrected chi connectivity index (χ4v) is 4.24. The quantitative estimate of drug-likeness (QED) is 0.586. The van der Waals surface area contributed by atoms with Crippen molar-refractivity contribution in [2.75, 3.05) is 18.5 Å². The van der Waals surface area contributed by atoms with Crippen LogP contribution in [-0.4, -0.2) is 34.5 Å². The minimum absolute atomic E-state index is 0.0779. The van der Waals surface area contributed by atoms with Crippen LogP contribution < -0.4 is 14.4 Å². The number of amides is 1. The van der Waals surface area contributed by atoms with E-state index in [2.05, 4.69) is 12.2 Å². The summed E-state index contributed by atoms with van der Waals surface area (Å²) >= 11 is 0. The maximum Gasteiger partial charge on any atom is 0.264 e. The van der Waals surface area contributed by atoms with Gasteiger partial charge >= 0.3 is 0 Å². The number of unbranched alkanes of at least 4 members (excludes halogenated alkanes) is 2. The van der Waals surface area contributed by atoms with Crippen LogP contribution in [0.2, 0.25) is 0 Å². The molecule has 1 amide bonds. The number of carbonyl (C=O) groups is 1. The molecular formula is C22H30N2O4S. The molecule has 0 saturated carbocycles. The third kappa shape index (κ3) is 5.73. The van der Waals surface area contributed by atoms with Crippen molar-refractivity contribution in [2.45, 2.75) is 50.5 Å². The van der Waals surface area contributed by atoms with Crippen LogP contribution in [0.3, 0.4) is 0 Å². The molecule has 0 unspecified atom stereocenters. The van der Waals surface area contributed by atoms with Gasteiger partial charge in [0.2, 0.25) is 0 Å². The van der Waals surface area contributed by atoms with Gasteiger partial charge in [-0.25, -0.2) is 8.42 Å². The van der Waals surface area contributed by atoms with E-state index in [-0.39, 0.29) is 16.8 Å². The number of rotatable bonds is 10. The van der Waals surface area contributed by atoms with Crippen LogP contribution in [0.1, 0.15) is 49.9 Å². The SMILES string of the molecule is CCCCC[C@H](C)NC(=O)c1ccc(S(=O)(=O)N(C)c2ccccc2OC)cc1. The molecule has 0 saturated heterocycles. The molecular weight excluding hydrogens is 388 g/mol. The van der Waals surface area contributed by atoms with Gasteiger partial charge in [-0.1, -0.05) is 38.3 Å². The molecule has 0 spiro atoms. The summed E-state index contributed by atoms with van der Waals surface area (Å²) in [5, 5.41) is 2.96. The summed E-state index contributed by atoms with van der Waals surface area (Å²) in [4.78, 5) is 12.5. The first kappa shape index (κ1) is 22.7. The zero-order valence-electron chi connectivity index (χ0n) is 17.5. The molecule has 7 heteroatoms. The molecule has 158 valence electrons. The molecule has 0 aliphatic rings. The van der Waals surface area contributed by atoms with Crippen LogP contribution in [-0.2, 0) is 10.0 Å². The number of benzene rings is 2. The Labute approximate surface area is 173 Å². The van der Waals surface area contributed by atoms with Gasteiger partial charge in [0.1, 0.15) is 5.75 Å². The van der Waals surface area contributed by atoms with E-state index in [1.807, 2.05) is 6.92 Å². The van der Waals surface area contributed by atoms with E-state index in [9.17, 15) is 13.2 Å². The maximum absolute atomic E-state index is 13.0. The monoisotopic (exact) mass is 418 g/mol. The summed E-state index contributed by atoms with van der Waals surface area (Å²) in [6.45, 7) is 4.12. The Hall–Kier alpha value is -2.54. The van der Waals surface area contributed by atoms with Gasteiger partial charge in [0.05, 0.1) is 17.7 Å². The first-order valence-electron chi connectivity index (χ1n) is 9.84. The van der Waals surface area contributed by atoms with Crippen molar-refractivity contribution in [3.05, 3.63) is 54.1 Å². The Kier molecular flexibility index (Phi) is 8.08. The number of nitrogens with one attached hydrogen (secondary N) is 1. The molecule has 6 nitrogen and oxygen atoms in total. The van der Waals surface area contributed by atoms with E-state index >= 15 is 0 Å². The van der Waals surface area contributed by atoms with Gasteiger partial charge in [-0.2, -0.15) is 0 Å². The van der Waals surface area contributed by atoms with Crippen LogP contribution in [0, 0.1) is 0 Å². The highest BCUT2D eigenvalue weighted by Crippen LogP contribution is 2.30. The number of nitrogens with zero attached hydrogens (tertiary/aromatic N) is 1. The van der Waals surface area contributed by atoms with E-state index in [4.69, 9.17) is 4.74 Å². The average Bonchev–Trinajstić information content (AvgIpc) is 2.73. The smallest absolute Gasteiger partial charge is 0.264 e. The number of methoxy groups -OCH3 is 1. The molecule has 2 aromatic rings. The minimum Gasteiger partial charge on any atom is -0.495 e. The van der Waals surface area contributed by atoms with Crippen LogP contribution in [0.5, 0.6) is 5.75 Å². The molecule has 1 N–H and O–H groups in total. The highest BCUT2D eigenvalue weighted by atomic mass is 32.2. The van der Waals surface area contributed by atoms with Crippen molar-refractivity contribution in [2.24, 2.45) is 0 Å². The Bertz CT molecular complexity index is 911. The normalized spacial score (nSPS) is 12.3. The van der Waals surface area contributed by atoms with Gasteiger partial charge in [-0.15, -0.1) is 0 Å². The number of hydrogen-bond acceptors (Lipinski definition) is 4. The summed E-state index contributed by atoms with van der Waals surface area (Å²) in [7, 11) is -0.810. The first-order chi connectivity index (χ1) is 13.8. The Morgan fingerprint density at radius 1 is 1.10 bits per heavy atom. The predicted octanol–water partition coefficient (Wildman–Crippen LogP) is 4.22. The molecule has 29 heavy (non-hydrogen) atoms. The van der Waals surface area contributed by atoms with Gasteiger partial charge < -0.3 is 10.1 Å². The molecule has 0 fully saturated rings. The standard InChI is InChI=1S/C22H30N2O4S/c1-5-6-7-10-17(2)23-22(25)18-13-15-19(16-14-18)29(26,27)24(3)20-11-8-9-12-21(20)28-4/h8-9,11-17H,5-7,10H2,1-4H3,(H,23,25)/t17-/m0/s1. The second-order valence-electron chi connectivity index (χ2n) is 7.04. The molecule has 0 aromatic heterocycles. The van der Waals surface area contributed by atoms with Crippen LogP contribution in [0.25, 0.3) is 0 Å². The fourth-order valence-electron chi connectivity index (χ4n) is 3.04. The van der Waals surface area contributed by atoms with Crippen LogP contribution in [0.4, 0.5) is 5.69 Å². The lowest BCUT2D eigenvalue weighted by atomic mass is 10.1.